The molecule has 1 aliphatic heterocycles. The Bertz CT molecular complexity index is 719. The van der Waals surface area contributed by atoms with Crippen molar-refractivity contribution in [3.05, 3.63) is 35.8 Å². The lowest BCUT2D eigenvalue weighted by molar-refractivity contribution is -0.124. The fourth-order valence-electron chi connectivity index (χ4n) is 2.38. The zero-order chi connectivity index (χ0) is 15.0. The van der Waals surface area contributed by atoms with E-state index in [-0.39, 0.29) is 17.8 Å². The third kappa shape index (κ3) is 2.25. The molecule has 7 heteroatoms. The van der Waals surface area contributed by atoms with Gasteiger partial charge in [0.25, 0.3) is 5.91 Å². The summed E-state index contributed by atoms with van der Waals surface area (Å²) in [7, 11) is 0. The first-order valence-electron chi connectivity index (χ1n) is 6.39. The van der Waals surface area contributed by atoms with Crippen molar-refractivity contribution in [1.29, 1.82) is 0 Å². The van der Waals surface area contributed by atoms with Crippen molar-refractivity contribution in [1.82, 2.24) is 5.32 Å². The average Bonchev–Trinajstić information content (AvgIpc) is 3.05. The zero-order valence-corrected chi connectivity index (χ0v) is 11.0. The van der Waals surface area contributed by atoms with E-state index in [9.17, 15) is 14.0 Å². The molecule has 1 saturated heterocycles. The van der Waals surface area contributed by atoms with Crippen molar-refractivity contribution >= 4 is 22.8 Å². The van der Waals surface area contributed by atoms with Crippen LogP contribution in [-0.2, 0) is 9.53 Å². The highest BCUT2D eigenvalue weighted by Gasteiger charge is 2.42. The van der Waals surface area contributed by atoms with Crippen LogP contribution >= 0.6 is 0 Å². The van der Waals surface area contributed by atoms with Crippen LogP contribution in [0.15, 0.2) is 28.9 Å². The molecule has 2 amide bonds. The molecule has 6 nitrogen and oxygen atoms in total. The highest BCUT2D eigenvalue weighted by Crippen LogP contribution is 2.24. The maximum atomic E-state index is 13.1. The number of hydrogen-bond acceptors (Lipinski definition) is 4. The number of furan rings is 1. The lowest BCUT2D eigenvalue weighted by Gasteiger charge is -2.24. The van der Waals surface area contributed by atoms with Crippen molar-refractivity contribution in [2.24, 2.45) is 5.73 Å². The van der Waals surface area contributed by atoms with Crippen molar-refractivity contribution in [3.63, 3.8) is 0 Å². The van der Waals surface area contributed by atoms with Crippen LogP contribution in [-0.4, -0.2) is 30.6 Å². The van der Waals surface area contributed by atoms with E-state index in [0.29, 0.717) is 18.4 Å². The third-order valence-electron chi connectivity index (χ3n) is 3.63. The molecule has 0 aliphatic carbocycles. The highest BCUT2D eigenvalue weighted by molar-refractivity contribution is 6.07. The minimum atomic E-state index is -1.21. The second kappa shape index (κ2) is 4.85. The first-order chi connectivity index (χ1) is 10.0. The Balaban J connectivity index is 1.92. The molecule has 0 saturated carbocycles. The molecule has 110 valence electrons. The van der Waals surface area contributed by atoms with E-state index < -0.39 is 23.2 Å². The number of carbonyl (C=O) groups is 2. The number of nitrogens with one attached hydrogen (secondary N) is 1. The van der Waals surface area contributed by atoms with Crippen molar-refractivity contribution < 1.29 is 23.1 Å². The lowest BCUT2D eigenvalue weighted by Crippen LogP contribution is -2.58. The third-order valence-corrected chi connectivity index (χ3v) is 3.63. The predicted molar refractivity (Wildman–Crippen MR) is 71.0 cm³/mol. The van der Waals surface area contributed by atoms with Gasteiger partial charge in [-0.2, -0.15) is 0 Å². The standard InChI is InChI=1S/C14H13FN2O4/c15-8-1-2-9-10(6-21-11(9)5-8)12(18)17-14(13(16)19)3-4-20-7-14/h1-2,5-6H,3-4,7H2,(H2,16,19)(H,17,18)/t14-/m0/s1. The fourth-order valence-corrected chi connectivity index (χ4v) is 2.38. The number of carbonyl (C=O) groups excluding carboxylic acids is 2. The van der Waals surface area contributed by atoms with Crippen LogP contribution in [0.3, 0.4) is 0 Å². The fraction of sp³-hybridized carbons (Fsp3) is 0.286. The Labute approximate surface area is 119 Å². The van der Waals surface area contributed by atoms with Gasteiger partial charge in [-0.1, -0.05) is 0 Å². The molecule has 1 aromatic carbocycles. The van der Waals surface area contributed by atoms with Crippen LogP contribution in [0.5, 0.6) is 0 Å². The summed E-state index contributed by atoms with van der Waals surface area (Å²) in [6.07, 6.45) is 1.54. The Morgan fingerprint density at radius 1 is 1.38 bits per heavy atom. The summed E-state index contributed by atoms with van der Waals surface area (Å²) in [5.74, 6) is -1.61. The van der Waals surface area contributed by atoms with E-state index in [1.165, 1.54) is 24.5 Å². The molecule has 1 atom stereocenters. The second-order valence-corrected chi connectivity index (χ2v) is 4.99. The molecule has 1 aromatic heterocycles. The molecular formula is C14H13FN2O4. The normalized spacial score (nSPS) is 21.6. The van der Waals surface area contributed by atoms with E-state index in [0.717, 1.165) is 0 Å². The lowest BCUT2D eigenvalue weighted by atomic mass is 9.97. The first-order valence-corrected chi connectivity index (χ1v) is 6.39. The topological polar surface area (TPSA) is 94.6 Å². The average molecular weight is 292 g/mol. The summed E-state index contributed by atoms with van der Waals surface area (Å²) in [5, 5.41) is 3.07. The van der Waals surface area contributed by atoms with Crippen molar-refractivity contribution in [3.8, 4) is 0 Å². The molecule has 3 N–H and O–H groups in total. The van der Waals surface area contributed by atoms with Crippen molar-refractivity contribution in [2.45, 2.75) is 12.0 Å². The van der Waals surface area contributed by atoms with Gasteiger partial charge in [0, 0.05) is 24.5 Å². The molecule has 1 aliphatic rings. The smallest absolute Gasteiger partial charge is 0.256 e. The van der Waals surface area contributed by atoms with E-state index in [2.05, 4.69) is 5.32 Å². The monoisotopic (exact) mass is 292 g/mol. The van der Waals surface area contributed by atoms with Gasteiger partial charge in [-0.3, -0.25) is 9.59 Å². The maximum absolute atomic E-state index is 13.1. The summed E-state index contributed by atoms with van der Waals surface area (Å²) in [5.41, 5.74) is 4.63. The molecule has 0 unspecified atom stereocenters. The van der Waals surface area contributed by atoms with Gasteiger partial charge < -0.3 is 20.2 Å². The number of fused-ring (bicyclic) bond motifs is 1. The van der Waals surface area contributed by atoms with Gasteiger partial charge in [0.1, 0.15) is 23.2 Å². The van der Waals surface area contributed by atoms with E-state index >= 15 is 0 Å². The van der Waals surface area contributed by atoms with Crippen LogP contribution in [0.2, 0.25) is 0 Å². The van der Waals surface area contributed by atoms with Crippen LogP contribution < -0.4 is 11.1 Å². The number of nitrogens with two attached hydrogens (primary N) is 1. The molecular weight excluding hydrogens is 279 g/mol. The van der Waals surface area contributed by atoms with Gasteiger partial charge in [0.15, 0.2) is 0 Å². The summed E-state index contributed by atoms with van der Waals surface area (Å²) >= 11 is 0. The molecule has 0 spiro atoms. The van der Waals surface area contributed by atoms with Gasteiger partial charge >= 0.3 is 0 Å². The summed E-state index contributed by atoms with van der Waals surface area (Å²) in [4.78, 5) is 23.9. The summed E-state index contributed by atoms with van der Waals surface area (Å²) in [6.45, 7) is 0.388. The zero-order valence-electron chi connectivity index (χ0n) is 11.0. The minimum Gasteiger partial charge on any atom is -0.463 e. The van der Waals surface area contributed by atoms with E-state index in [1.807, 2.05) is 0 Å². The number of primary amides is 1. The summed E-state index contributed by atoms with van der Waals surface area (Å²) in [6, 6.07) is 3.87. The molecule has 21 heavy (non-hydrogen) atoms. The van der Waals surface area contributed by atoms with Gasteiger partial charge in [0.05, 0.1) is 12.2 Å². The van der Waals surface area contributed by atoms with Gasteiger partial charge in [-0.15, -0.1) is 0 Å². The van der Waals surface area contributed by atoms with Crippen LogP contribution in [0.4, 0.5) is 4.39 Å². The molecule has 3 rings (SSSR count). The Hall–Kier alpha value is -2.41. The Morgan fingerprint density at radius 2 is 2.19 bits per heavy atom. The predicted octanol–water partition coefficient (Wildman–Crippen LogP) is 0.946. The molecule has 2 aromatic rings. The Morgan fingerprint density at radius 3 is 2.86 bits per heavy atom. The van der Waals surface area contributed by atoms with Gasteiger partial charge in [-0.25, -0.2) is 4.39 Å². The highest BCUT2D eigenvalue weighted by atomic mass is 19.1. The van der Waals surface area contributed by atoms with Crippen LogP contribution in [0.1, 0.15) is 16.8 Å². The largest absolute Gasteiger partial charge is 0.463 e. The molecule has 0 radical (unpaired) electrons. The number of hydrogen-bond donors (Lipinski definition) is 2. The van der Waals surface area contributed by atoms with Gasteiger partial charge in [-0.05, 0) is 12.1 Å². The maximum Gasteiger partial charge on any atom is 0.256 e. The SMILES string of the molecule is NC(=O)[C@]1(NC(=O)c2coc3cc(F)ccc23)CCOC1. The number of halogens is 1. The van der Waals surface area contributed by atoms with Crippen LogP contribution in [0, 0.1) is 5.82 Å². The minimum absolute atomic E-state index is 0.0402. The number of ether oxygens (including phenoxy) is 1. The number of amides is 2. The molecule has 2 heterocycles. The molecule has 0 bridgehead atoms. The molecule has 1 fully saturated rings. The van der Waals surface area contributed by atoms with Crippen LogP contribution in [0.25, 0.3) is 11.0 Å². The Kier molecular flexibility index (Phi) is 3.13. The first kappa shape index (κ1) is 13.6. The van der Waals surface area contributed by atoms with E-state index in [1.54, 1.807) is 0 Å². The summed E-state index contributed by atoms with van der Waals surface area (Å²) < 4.78 is 23.4. The van der Waals surface area contributed by atoms with Gasteiger partial charge in [0.2, 0.25) is 5.91 Å². The second-order valence-electron chi connectivity index (χ2n) is 4.99. The number of rotatable bonds is 3. The van der Waals surface area contributed by atoms with Crippen molar-refractivity contribution in [2.75, 3.05) is 13.2 Å². The number of benzene rings is 1. The van der Waals surface area contributed by atoms with E-state index in [4.69, 9.17) is 14.9 Å². The quantitative estimate of drug-likeness (QED) is 0.880.